The number of nitrogens with one attached hydrogen (secondary N) is 2. The van der Waals surface area contributed by atoms with Crippen molar-refractivity contribution < 1.29 is 18.0 Å². The van der Waals surface area contributed by atoms with Crippen molar-refractivity contribution in [1.82, 2.24) is 15.5 Å². The van der Waals surface area contributed by atoms with E-state index in [1.54, 1.807) is 0 Å². The van der Waals surface area contributed by atoms with Crippen LogP contribution in [0.25, 0.3) is 0 Å². The van der Waals surface area contributed by atoms with Crippen molar-refractivity contribution in [3.8, 4) is 0 Å². The van der Waals surface area contributed by atoms with E-state index in [9.17, 15) is 18.0 Å². The normalized spacial score (nSPS) is 25.8. The van der Waals surface area contributed by atoms with Crippen LogP contribution in [0.1, 0.15) is 49.5 Å². The first-order valence-electron chi connectivity index (χ1n) is 7.39. The predicted molar refractivity (Wildman–Crippen MR) is 75.8 cm³/mol. The standard InChI is InChI=1S/C13H17F3N4OS/c14-13(15,16)8-3-5-9(6-4-8)17-11(21)18-12-20-19-10(22-12)7-1-2-7/h7-9H,1-6H2,(H2,17,18,20,21). The second kappa shape index (κ2) is 6.02. The zero-order valence-electron chi connectivity index (χ0n) is 11.8. The van der Waals surface area contributed by atoms with E-state index < -0.39 is 18.1 Å². The van der Waals surface area contributed by atoms with E-state index >= 15 is 0 Å². The van der Waals surface area contributed by atoms with Gasteiger partial charge in [0, 0.05) is 12.0 Å². The molecule has 1 heterocycles. The van der Waals surface area contributed by atoms with Gasteiger partial charge >= 0.3 is 12.2 Å². The number of carbonyl (C=O) groups is 1. The molecule has 0 aromatic carbocycles. The van der Waals surface area contributed by atoms with Crippen LogP contribution in [0.3, 0.4) is 0 Å². The minimum atomic E-state index is -4.13. The minimum absolute atomic E-state index is 0.0685. The van der Waals surface area contributed by atoms with Gasteiger partial charge in [0.05, 0.1) is 5.92 Å². The third-order valence-corrected chi connectivity index (χ3v) is 5.11. The lowest BCUT2D eigenvalue weighted by molar-refractivity contribution is -0.182. The summed E-state index contributed by atoms with van der Waals surface area (Å²) in [5.74, 6) is -0.758. The molecule has 1 aromatic heterocycles. The Morgan fingerprint density at radius 1 is 1.09 bits per heavy atom. The van der Waals surface area contributed by atoms with E-state index in [0.29, 0.717) is 23.9 Å². The maximum atomic E-state index is 12.6. The Kier molecular flexibility index (Phi) is 4.24. The Hall–Kier alpha value is -1.38. The summed E-state index contributed by atoms with van der Waals surface area (Å²) in [6, 6.07) is -0.636. The molecule has 5 nitrogen and oxygen atoms in total. The van der Waals surface area contributed by atoms with Gasteiger partial charge in [-0.15, -0.1) is 10.2 Å². The van der Waals surface area contributed by atoms with Gasteiger partial charge in [-0.1, -0.05) is 11.3 Å². The van der Waals surface area contributed by atoms with Gasteiger partial charge in [-0.25, -0.2) is 4.79 Å². The first-order chi connectivity index (χ1) is 10.4. The molecule has 0 unspecified atom stereocenters. The highest BCUT2D eigenvalue weighted by Gasteiger charge is 2.41. The fraction of sp³-hybridized carbons (Fsp3) is 0.769. The number of rotatable bonds is 3. The molecule has 3 rings (SSSR count). The van der Waals surface area contributed by atoms with Gasteiger partial charge in [-0.2, -0.15) is 13.2 Å². The average Bonchev–Trinajstić information content (AvgIpc) is 3.19. The fourth-order valence-electron chi connectivity index (χ4n) is 2.66. The lowest BCUT2D eigenvalue weighted by Crippen LogP contribution is -2.41. The van der Waals surface area contributed by atoms with Gasteiger partial charge in [-0.05, 0) is 38.5 Å². The van der Waals surface area contributed by atoms with Crippen molar-refractivity contribution in [1.29, 1.82) is 0 Å². The van der Waals surface area contributed by atoms with Crippen LogP contribution in [0, 0.1) is 5.92 Å². The first-order valence-corrected chi connectivity index (χ1v) is 8.21. The summed E-state index contributed by atoms with van der Waals surface area (Å²) in [7, 11) is 0. The van der Waals surface area contributed by atoms with Gasteiger partial charge in [-0.3, -0.25) is 5.32 Å². The van der Waals surface area contributed by atoms with Crippen LogP contribution in [-0.4, -0.2) is 28.4 Å². The molecule has 0 saturated heterocycles. The zero-order chi connectivity index (χ0) is 15.7. The van der Waals surface area contributed by atoms with E-state index in [1.807, 2.05) is 0 Å². The van der Waals surface area contributed by atoms with Crippen molar-refractivity contribution in [2.24, 2.45) is 5.92 Å². The molecule has 122 valence electrons. The second-order valence-electron chi connectivity index (χ2n) is 5.91. The summed E-state index contributed by atoms with van der Waals surface area (Å²) < 4.78 is 37.7. The van der Waals surface area contributed by atoms with E-state index in [-0.39, 0.29) is 18.9 Å². The lowest BCUT2D eigenvalue weighted by Gasteiger charge is -2.30. The van der Waals surface area contributed by atoms with Crippen LogP contribution < -0.4 is 10.6 Å². The summed E-state index contributed by atoms with van der Waals surface area (Å²) in [5.41, 5.74) is 0. The number of nitrogens with zero attached hydrogens (tertiary/aromatic N) is 2. The number of urea groups is 1. The number of amides is 2. The van der Waals surface area contributed by atoms with Crippen LogP contribution in [0.5, 0.6) is 0 Å². The topological polar surface area (TPSA) is 66.9 Å². The van der Waals surface area contributed by atoms with Crippen LogP contribution in [0.15, 0.2) is 0 Å². The predicted octanol–water partition coefficient (Wildman–Crippen LogP) is 3.66. The number of halogens is 3. The molecule has 0 bridgehead atoms. The first kappa shape index (κ1) is 15.5. The molecule has 2 aliphatic carbocycles. The maximum Gasteiger partial charge on any atom is 0.391 e. The molecule has 0 radical (unpaired) electrons. The van der Waals surface area contributed by atoms with E-state index in [0.717, 1.165) is 17.8 Å². The number of aromatic nitrogens is 2. The van der Waals surface area contributed by atoms with E-state index in [4.69, 9.17) is 0 Å². The number of hydrogen-bond acceptors (Lipinski definition) is 4. The Morgan fingerprint density at radius 2 is 1.77 bits per heavy atom. The molecule has 0 atom stereocenters. The molecule has 22 heavy (non-hydrogen) atoms. The monoisotopic (exact) mass is 334 g/mol. The zero-order valence-corrected chi connectivity index (χ0v) is 12.6. The van der Waals surface area contributed by atoms with Gasteiger partial charge in [0.15, 0.2) is 0 Å². The summed E-state index contributed by atoms with van der Waals surface area (Å²) >= 11 is 1.35. The second-order valence-corrected chi connectivity index (χ2v) is 6.92. The Bertz CT molecular complexity index is 536. The average molecular weight is 334 g/mol. The largest absolute Gasteiger partial charge is 0.391 e. The molecule has 2 fully saturated rings. The smallest absolute Gasteiger partial charge is 0.335 e. The highest BCUT2D eigenvalue weighted by molar-refractivity contribution is 7.15. The maximum absolute atomic E-state index is 12.6. The molecule has 2 amide bonds. The minimum Gasteiger partial charge on any atom is -0.335 e. The third kappa shape index (κ3) is 3.88. The summed E-state index contributed by atoms with van der Waals surface area (Å²) in [6.45, 7) is 0. The van der Waals surface area contributed by atoms with Crippen molar-refractivity contribution >= 4 is 22.5 Å². The van der Waals surface area contributed by atoms with Crippen molar-refractivity contribution in [3.05, 3.63) is 5.01 Å². The SMILES string of the molecule is O=C(Nc1nnc(C2CC2)s1)NC1CCC(C(F)(F)F)CC1. The van der Waals surface area contributed by atoms with Gasteiger partial charge < -0.3 is 5.32 Å². The third-order valence-electron chi connectivity index (χ3n) is 4.11. The molecule has 1 aromatic rings. The lowest BCUT2D eigenvalue weighted by atomic mass is 9.86. The highest BCUT2D eigenvalue weighted by Crippen LogP contribution is 2.42. The summed E-state index contributed by atoms with van der Waals surface area (Å²) in [4.78, 5) is 11.8. The van der Waals surface area contributed by atoms with Crippen LogP contribution in [0.4, 0.5) is 23.1 Å². The van der Waals surface area contributed by atoms with Gasteiger partial charge in [0.1, 0.15) is 5.01 Å². The van der Waals surface area contributed by atoms with Crippen LogP contribution in [0.2, 0.25) is 0 Å². The number of alkyl halides is 3. The Labute approximate surface area is 129 Å². The molecular weight excluding hydrogens is 317 g/mol. The molecule has 0 spiro atoms. The fourth-order valence-corrected chi connectivity index (χ4v) is 3.57. The quantitative estimate of drug-likeness (QED) is 0.886. The number of carbonyl (C=O) groups excluding carboxylic acids is 1. The molecule has 2 saturated carbocycles. The molecule has 2 aliphatic rings. The molecule has 0 aliphatic heterocycles. The summed E-state index contributed by atoms with van der Waals surface area (Å²) in [5, 5.41) is 14.6. The van der Waals surface area contributed by atoms with Crippen molar-refractivity contribution in [3.63, 3.8) is 0 Å². The molecule has 2 N–H and O–H groups in total. The number of hydrogen-bond donors (Lipinski definition) is 2. The van der Waals surface area contributed by atoms with Crippen LogP contribution in [-0.2, 0) is 0 Å². The number of anilines is 1. The molecular formula is C13H17F3N4OS. The van der Waals surface area contributed by atoms with Crippen LogP contribution >= 0.6 is 11.3 Å². The van der Waals surface area contributed by atoms with Gasteiger partial charge in [0.25, 0.3) is 0 Å². The van der Waals surface area contributed by atoms with Gasteiger partial charge in [0.2, 0.25) is 5.13 Å². The summed E-state index contributed by atoms with van der Waals surface area (Å²) in [6.07, 6.45) is -1.06. The Morgan fingerprint density at radius 3 is 2.36 bits per heavy atom. The highest BCUT2D eigenvalue weighted by atomic mass is 32.1. The van der Waals surface area contributed by atoms with Crippen molar-refractivity contribution in [2.75, 3.05) is 5.32 Å². The van der Waals surface area contributed by atoms with Crippen molar-refractivity contribution in [2.45, 2.75) is 56.7 Å². The van der Waals surface area contributed by atoms with E-state index in [1.165, 1.54) is 11.3 Å². The van der Waals surface area contributed by atoms with E-state index in [2.05, 4.69) is 20.8 Å². The molecule has 9 heteroatoms. The Balaban J connectivity index is 1.44.